The van der Waals surface area contributed by atoms with Crippen molar-refractivity contribution in [3.8, 4) is 0 Å². The standard InChI is InChI=1S/C13H18N2O2/c1-10-5-3-4-8-15(10)12-9-11(6-7-14-12)13(16)17-2/h6-7,9-10H,3-5,8H2,1-2H3. The molecule has 0 aromatic carbocycles. The molecular weight excluding hydrogens is 216 g/mol. The Morgan fingerprint density at radius 3 is 3.06 bits per heavy atom. The van der Waals surface area contributed by atoms with Gasteiger partial charge in [0.15, 0.2) is 0 Å². The maximum atomic E-state index is 11.5. The molecule has 1 aromatic rings. The van der Waals surface area contributed by atoms with E-state index in [0.717, 1.165) is 12.4 Å². The molecule has 1 aromatic heterocycles. The largest absolute Gasteiger partial charge is 0.465 e. The highest BCUT2D eigenvalue weighted by atomic mass is 16.5. The average Bonchev–Trinajstić information content (AvgIpc) is 2.38. The fourth-order valence-electron chi connectivity index (χ4n) is 2.26. The molecule has 1 aliphatic rings. The predicted octanol–water partition coefficient (Wildman–Crippen LogP) is 2.25. The highest BCUT2D eigenvalue weighted by molar-refractivity contribution is 5.90. The molecule has 4 heteroatoms. The molecule has 17 heavy (non-hydrogen) atoms. The summed E-state index contributed by atoms with van der Waals surface area (Å²) in [5.74, 6) is 0.568. The van der Waals surface area contributed by atoms with Crippen molar-refractivity contribution in [1.29, 1.82) is 0 Å². The zero-order valence-corrected chi connectivity index (χ0v) is 10.3. The summed E-state index contributed by atoms with van der Waals surface area (Å²) in [7, 11) is 1.39. The molecule has 0 saturated carbocycles. The molecule has 1 aliphatic heterocycles. The van der Waals surface area contributed by atoms with Crippen LogP contribution in [0, 0.1) is 0 Å². The van der Waals surface area contributed by atoms with E-state index in [4.69, 9.17) is 4.74 Å². The van der Waals surface area contributed by atoms with Crippen molar-refractivity contribution in [3.05, 3.63) is 23.9 Å². The lowest BCUT2D eigenvalue weighted by molar-refractivity contribution is 0.0600. The minimum Gasteiger partial charge on any atom is -0.465 e. The average molecular weight is 234 g/mol. The number of carbonyl (C=O) groups is 1. The Bertz CT molecular complexity index is 406. The van der Waals surface area contributed by atoms with Crippen LogP contribution in [0.1, 0.15) is 36.5 Å². The van der Waals surface area contributed by atoms with Gasteiger partial charge in [0.1, 0.15) is 5.82 Å². The summed E-state index contributed by atoms with van der Waals surface area (Å²) in [6.07, 6.45) is 5.32. The van der Waals surface area contributed by atoms with Crippen LogP contribution in [0.2, 0.25) is 0 Å². The van der Waals surface area contributed by atoms with E-state index in [2.05, 4.69) is 16.8 Å². The fraction of sp³-hybridized carbons (Fsp3) is 0.538. The maximum Gasteiger partial charge on any atom is 0.338 e. The summed E-state index contributed by atoms with van der Waals surface area (Å²) in [5, 5.41) is 0. The van der Waals surface area contributed by atoms with Crippen LogP contribution < -0.4 is 4.90 Å². The third-order valence-corrected chi connectivity index (χ3v) is 3.26. The van der Waals surface area contributed by atoms with E-state index in [-0.39, 0.29) is 5.97 Å². The summed E-state index contributed by atoms with van der Waals surface area (Å²) in [5.41, 5.74) is 0.565. The molecule has 2 rings (SSSR count). The van der Waals surface area contributed by atoms with Gasteiger partial charge in [-0.05, 0) is 38.3 Å². The van der Waals surface area contributed by atoms with Crippen LogP contribution in [-0.4, -0.2) is 30.6 Å². The van der Waals surface area contributed by atoms with Gasteiger partial charge in [-0.15, -0.1) is 0 Å². The van der Waals surface area contributed by atoms with Crippen LogP contribution in [0.3, 0.4) is 0 Å². The summed E-state index contributed by atoms with van der Waals surface area (Å²) in [6.45, 7) is 3.21. The first-order valence-electron chi connectivity index (χ1n) is 6.03. The molecule has 1 unspecified atom stereocenters. The topological polar surface area (TPSA) is 42.4 Å². The highest BCUT2D eigenvalue weighted by Gasteiger charge is 2.20. The van der Waals surface area contributed by atoms with E-state index >= 15 is 0 Å². The highest BCUT2D eigenvalue weighted by Crippen LogP contribution is 2.23. The number of piperidine rings is 1. The molecule has 1 atom stereocenters. The maximum absolute atomic E-state index is 11.5. The molecule has 0 N–H and O–H groups in total. The van der Waals surface area contributed by atoms with E-state index in [1.54, 1.807) is 12.3 Å². The van der Waals surface area contributed by atoms with E-state index in [9.17, 15) is 4.79 Å². The molecule has 1 fully saturated rings. The summed E-state index contributed by atoms with van der Waals surface area (Å²) < 4.78 is 4.72. The van der Waals surface area contributed by atoms with Crippen molar-refractivity contribution in [2.75, 3.05) is 18.6 Å². The number of carbonyl (C=O) groups excluding carboxylic acids is 1. The van der Waals surface area contributed by atoms with Crippen molar-refractivity contribution in [3.63, 3.8) is 0 Å². The lowest BCUT2D eigenvalue weighted by atomic mass is 10.0. The Morgan fingerprint density at radius 2 is 2.35 bits per heavy atom. The smallest absolute Gasteiger partial charge is 0.338 e. The van der Waals surface area contributed by atoms with Crippen molar-refractivity contribution < 1.29 is 9.53 Å². The van der Waals surface area contributed by atoms with Crippen LogP contribution in [0.5, 0.6) is 0 Å². The molecule has 1 saturated heterocycles. The number of hydrogen-bond donors (Lipinski definition) is 0. The number of pyridine rings is 1. The minimum absolute atomic E-state index is 0.307. The lowest BCUT2D eigenvalue weighted by Gasteiger charge is -2.34. The number of nitrogens with zero attached hydrogens (tertiary/aromatic N) is 2. The monoisotopic (exact) mass is 234 g/mol. The molecule has 92 valence electrons. The first-order valence-corrected chi connectivity index (χ1v) is 6.03. The zero-order chi connectivity index (χ0) is 12.3. The molecular formula is C13H18N2O2. The normalized spacial score (nSPS) is 20.1. The van der Waals surface area contributed by atoms with Crippen molar-refractivity contribution >= 4 is 11.8 Å². The van der Waals surface area contributed by atoms with Crippen LogP contribution in [0.15, 0.2) is 18.3 Å². The van der Waals surface area contributed by atoms with Gasteiger partial charge in [-0.3, -0.25) is 0 Å². The summed E-state index contributed by atoms with van der Waals surface area (Å²) >= 11 is 0. The summed E-state index contributed by atoms with van der Waals surface area (Å²) in [4.78, 5) is 18.1. The Hall–Kier alpha value is -1.58. The van der Waals surface area contributed by atoms with Gasteiger partial charge in [0.2, 0.25) is 0 Å². The Morgan fingerprint density at radius 1 is 1.53 bits per heavy atom. The summed E-state index contributed by atoms with van der Waals surface area (Å²) in [6, 6.07) is 3.99. The Labute approximate surface area is 102 Å². The number of esters is 1. The van der Waals surface area contributed by atoms with Gasteiger partial charge in [-0.2, -0.15) is 0 Å². The number of anilines is 1. The Kier molecular flexibility index (Phi) is 3.61. The van der Waals surface area contributed by atoms with Gasteiger partial charge >= 0.3 is 5.97 Å². The second kappa shape index (κ2) is 5.17. The first-order chi connectivity index (χ1) is 8.22. The third-order valence-electron chi connectivity index (χ3n) is 3.26. The van der Waals surface area contributed by atoms with Crippen LogP contribution >= 0.6 is 0 Å². The molecule has 0 aliphatic carbocycles. The number of rotatable bonds is 2. The van der Waals surface area contributed by atoms with Gasteiger partial charge in [0.25, 0.3) is 0 Å². The molecule has 2 heterocycles. The Balaban J connectivity index is 2.23. The van der Waals surface area contributed by atoms with Crippen molar-refractivity contribution in [1.82, 2.24) is 4.98 Å². The van der Waals surface area contributed by atoms with E-state index in [0.29, 0.717) is 11.6 Å². The number of ether oxygens (including phenoxy) is 1. The quantitative estimate of drug-likeness (QED) is 0.736. The van der Waals surface area contributed by atoms with Gasteiger partial charge in [-0.1, -0.05) is 0 Å². The second-order valence-corrected chi connectivity index (χ2v) is 4.43. The second-order valence-electron chi connectivity index (χ2n) is 4.43. The van der Waals surface area contributed by atoms with E-state index in [1.165, 1.54) is 26.4 Å². The number of aromatic nitrogens is 1. The number of methoxy groups -OCH3 is 1. The predicted molar refractivity (Wildman–Crippen MR) is 66.2 cm³/mol. The van der Waals surface area contributed by atoms with Crippen LogP contribution in [-0.2, 0) is 4.74 Å². The van der Waals surface area contributed by atoms with Crippen molar-refractivity contribution in [2.45, 2.75) is 32.2 Å². The first kappa shape index (κ1) is 11.9. The number of hydrogen-bond acceptors (Lipinski definition) is 4. The molecule has 0 spiro atoms. The SMILES string of the molecule is COC(=O)c1ccnc(N2CCCCC2C)c1. The molecule has 0 amide bonds. The van der Waals surface area contributed by atoms with E-state index in [1.807, 2.05) is 6.07 Å². The fourth-order valence-corrected chi connectivity index (χ4v) is 2.26. The lowest BCUT2D eigenvalue weighted by Crippen LogP contribution is -2.38. The van der Waals surface area contributed by atoms with Crippen LogP contribution in [0.4, 0.5) is 5.82 Å². The van der Waals surface area contributed by atoms with Gasteiger partial charge in [0.05, 0.1) is 12.7 Å². The molecule has 0 radical (unpaired) electrons. The van der Waals surface area contributed by atoms with E-state index < -0.39 is 0 Å². The van der Waals surface area contributed by atoms with Gasteiger partial charge in [-0.25, -0.2) is 9.78 Å². The molecule has 0 bridgehead atoms. The van der Waals surface area contributed by atoms with Crippen molar-refractivity contribution in [2.24, 2.45) is 0 Å². The molecule has 4 nitrogen and oxygen atoms in total. The zero-order valence-electron chi connectivity index (χ0n) is 10.3. The van der Waals surface area contributed by atoms with Gasteiger partial charge < -0.3 is 9.64 Å². The van der Waals surface area contributed by atoms with Gasteiger partial charge in [0, 0.05) is 18.8 Å². The van der Waals surface area contributed by atoms with Crippen LogP contribution in [0.25, 0.3) is 0 Å². The minimum atomic E-state index is -0.307. The third kappa shape index (κ3) is 2.57.